The number of carbonyl (C=O) groups excluding carboxylic acids is 1. The maximum absolute atomic E-state index is 11.7. The van der Waals surface area contributed by atoms with Gasteiger partial charge in [-0.1, -0.05) is 23.7 Å². The van der Waals surface area contributed by atoms with Crippen LogP contribution in [0.1, 0.15) is 22.4 Å². The lowest BCUT2D eigenvalue weighted by molar-refractivity contribution is -0.116. The van der Waals surface area contributed by atoms with Crippen molar-refractivity contribution in [3.8, 4) is 0 Å². The monoisotopic (exact) mass is 322 g/mol. The second-order valence-electron chi connectivity index (χ2n) is 4.44. The van der Waals surface area contributed by atoms with Crippen LogP contribution in [0, 0.1) is 6.92 Å². The molecule has 0 fully saturated rings. The molecule has 110 valence electrons. The predicted octanol–water partition coefficient (Wildman–Crippen LogP) is 2.97. The molecule has 2 aromatic rings. The maximum Gasteiger partial charge on any atom is 0.244 e. The number of aromatic nitrogens is 1. The van der Waals surface area contributed by atoms with Gasteiger partial charge in [-0.15, -0.1) is 11.3 Å². The number of nitrogens with one attached hydrogen (secondary N) is 1. The lowest BCUT2D eigenvalue weighted by Gasteiger charge is -2.11. The molecule has 1 aromatic heterocycles. The highest BCUT2D eigenvalue weighted by molar-refractivity contribution is 7.09. The number of carbonyl (C=O) groups is 1. The highest BCUT2D eigenvalue weighted by Crippen LogP contribution is 2.15. The van der Waals surface area contributed by atoms with E-state index in [0.717, 1.165) is 10.7 Å². The van der Waals surface area contributed by atoms with E-state index in [0.29, 0.717) is 10.6 Å². The molecule has 21 heavy (non-hydrogen) atoms. The summed E-state index contributed by atoms with van der Waals surface area (Å²) in [6.07, 6.45) is 2.29. The Bertz CT molecular complexity index is 637. The van der Waals surface area contributed by atoms with Gasteiger partial charge in [-0.3, -0.25) is 4.79 Å². The predicted molar refractivity (Wildman–Crippen MR) is 85.3 cm³/mol. The molecule has 1 atom stereocenters. The van der Waals surface area contributed by atoms with Crippen LogP contribution in [0.15, 0.2) is 35.7 Å². The van der Waals surface area contributed by atoms with Crippen molar-refractivity contribution in [3.05, 3.63) is 57.0 Å². The minimum Gasteiger partial charge on any atom is -0.387 e. The number of aliphatic hydroxyl groups excluding tert-OH is 1. The zero-order valence-electron chi connectivity index (χ0n) is 11.4. The first kappa shape index (κ1) is 15.7. The van der Waals surface area contributed by atoms with E-state index in [1.165, 1.54) is 17.4 Å². The zero-order valence-corrected chi connectivity index (χ0v) is 13.0. The zero-order chi connectivity index (χ0) is 15.2. The van der Waals surface area contributed by atoms with Gasteiger partial charge in [0, 0.05) is 23.0 Å². The molecular formula is C15H15ClN2O2S. The fraction of sp³-hybridized carbons (Fsp3) is 0.200. The van der Waals surface area contributed by atoms with E-state index >= 15 is 0 Å². The Kier molecular flexibility index (Phi) is 5.50. The van der Waals surface area contributed by atoms with Gasteiger partial charge < -0.3 is 10.4 Å². The van der Waals surface area contributed by atoms with Crippen LogP contribution < -0.4 is 5.32 Å². The van der Waals surface area contributed by atoms with Crippen LogP contribution in [0.4, 0.5) is 0 Å². The van der Waals surface area contributed by atoms with Gasteiger partial charge in [0.2, 0.25) is 5.91 Å². The van der Waals surface area contributed by atoms with Gasteiger partial charge in [-0.05, 0) is 30.7 Å². The number of hydrogen-bond donors (Lipinski definition) is 2. The maximum atomic E-state index is 11.7. The number of hydrogen-bond acceptors (Lipinski definition) is 4. The third-order valence-electron chi connectivity index (χ3n) is 2.77. The first-order valence-corrected chi connectivity index (χ1v) is 7.62. The third kappa shape index (κ3) is 4.97. The molecule has 0 saturated carbocycles. The largest absolute Gasteiger partial charge is 0.387 e. The molecule has 0 aliphatic heterocycles. The summed E-state index contributed by atoms with van der Waals surface area (Å²) in [7, 11) is 0. The Balaban J connectivity index is 1.83. The van der Waals surface area contributed by atoms with Crippen molar-refractivity contribution >= 4 is 34.9 Å². The molecule has 1 amide bonds. The summed E-state index contributed by atoms with van der Waals surface area (Å²) in [5.41, 5.74) is 1.46. The summed E-state index contributed by atoms with van der Waals surface area (Å²) < 4.78 is 0. The van der Waals surface area contributed by atoms with Crippen molar-refractivity contribution in [2.45, 2.75) is 13.0 Å². The van der Waals surface area contributed by atoms with E-state index in [-0.39, 0.29) is 12.5 Å². The van der Waals surface area contributed by atoms with Crippen LogP contribution in [-0.4, -0.2) is 22.5 Å². The van der Waals surface area contributed by atoms with E-state index in [1.54, 1.807) is 30.3 Å². The van der Waals surface area contributed by atoms with Crippen molar-refractivity contribution in [2.75, 3.05) is 6.54 Å². The Morgan fingerprint density at radius 1 is 1.48 bits per heavy atom. The van der Waals surface area contributed by atoms with E-state index in [4.69, 9.17) is 11.6 Å². The van der Waals surface area contributed by atoms with Crippen LogP contribution >= 0.6 is 22.9 Å². The van der Waals surface area contributed by atoms with Gasteiger partial charge in [0.1, 0.15) is 0 Å². The number of thiazole rings is 1. The number of halogens is 1. The Morgan fingerprint density at radius 2 is 2.19 bits per heavy atom. The number of benzene rings is 1. The van der Waals surface area contributed by atoms with Crippen LogP contribution in [0.5, 0.6) is 0 Å². The number of nitrogens with zero attached hydrogens (tertiary/aromatic N) is 1. The molecule has 0 radical (unpaired) electrons. The Labute approximate surface area is 132 Å². The van der Waals surface area contributed by atoms with Gasteiger partial charge in [0.05, 0.1) is 16.8 Å². The van der Waals surface area contributed by atoms with E-state index in [9.17, 15) is 9.90 Å². The van der Waals surface area contributed by atoms with Gasteiger partial charge in [-0.2, -0.15) is 0 Å². The molecule has 1 unspecified atom stereocenters. The van der Waals surface area contributed by atoms with E-state index in [2.05, 4.69) is 10.3 Å². The second-order valence-corrected chi connectivity index (χ2v) is 5.94. The molecular weight excluding hydrogens is 308 g/mol. The van der Waals surface area contributed by atoms with Gasteiger partial charge >= 0.3 is 0 Å². The third-order valence-corrected chi connectivity index (χ3v) is 3.81. The molecule has 0 aliphatic carbocycles. The second kappa shape index (κ2) is 7.36. The number of aliphatic hydroxyl groups is 1. The number of aryl methyl sites for hydroxylation is 1. The molecule has 4 nitrogen and oxygen atoms in total. The SMILES string of the molecule is Cc1nc(/C=C/C(=O)NCC(O)c2ccc(Cl)cc2)cs1. The molecule has 0 aliphatic rings. The normalized spacial score (nSPS) is 12.5. The van der Waals surface area contributed by atoms with Crippen molar-refractivity contribution in [2.24, 2.45) is 0 Å². The van der Waals surface area contributed by atoms with Crippen LogP contribution in [0.25, 0.3) is 6.08 Å². The lowest BCUT2D eigenvalue weighted by Crippen LogP contribution is -2.26. The standard InChI is InChI=1S/C15H15ClN2O2S/c1-10-18-13(9-21-10)6-7-15(20)17-8-14(19)11-2-4-12(16)5-3-11/h2-7,9,14,19H,8H2,1H3,(H,17,20)/b7-6+. The molecule has 6 heteroatoms. The van der Waals surface area contributed by atoms with Crippen molar-refractivity contribution < 1.29 is 9.90 Å². The van der Waals surface area contributed by atoms with Gasteiger partial charge in [-0.25, -0.2) is 4.98 Å². The van der Waals surface area contributed by atoms with Crippen molar-refractivity contribution in [1.82, 2.24) is 10.3 Å². The van der Waals surface area contributed by atoms with Crippen LogP contribution in [0.3, 0.4) is 0 Å². The highest BCUT2D eigenvalue weighted by atomic mass is 35.5. The lowest BCUT2D eigenvalue weighted by atomic mass is 10.1. The molecule has 1 heterocycles. The summed E-state index contributed by atoms with van der Waals surface area (Å²) in [6, 6.07) is 6.86. The van der Waals surface area contributed by atoms with Gasteiger partial charge in [0.15, 0.2) is 0 Å². The van der Waals surface area contributed by atoms with Crippen molar-refractivity contribution in [1.29, 1.82) is 0 Å². The minimum atomic E-state index is -0.763. The average molecular weight is 323 g/mol. The molecule has 1 aromatic carbocycles. The van der Waals surface area contributed by atoms with Crippen LogP contribution in [-0.2, 0) is 4.79 Å². The molecule has 2 rings (SSSR count). The van der Waals surface area contributed by atoms with Crippen molar-refractivity contribution in [3.63, 3.8) is 0 Å². The fourth-order valence-corrected chi connectivity index (χ4v) is 2.38. The van der Waals surface area contributed by atoms with E-state index < -0.39 is 6.10 Å². The van der Waals surface area contributed by atoms with Gasteiger partial charge in [0.25, 0.3) is 0 Å². The molecule has 0 spiro atoms. The topological polar surface area (TPSA) is 62.2 Å². The quantitative estimate of drug-likeness (QED) is 0.832. The number of rotatable bonds is 5. The Hall–Kier alpha value is -1.69. The smallest absolute Gasteiger partial charge is 0.244 e. The van der Waals surface area contributed by atoms with E-state index in [1.807, 2.05) is 12.3 Å². The highest BCUT2D eigenvalue weighted by Gasteiger charge is 2.08. The Morgan fingerprint density at radius 3 is 2.81 bits per heavy atom. The first-order chi connectivity index (χ1) is 10.0. The summed E-state index contributed by atoms with van der Waals surface area (Å²) >= 11 is 7.31. The summed E-state index contributed by atoms with van der Waals surface area (Å²) in [6.45, 7) is 2.05. The average Bonchev–Trinajstić information content (AvgIpc) is 2.89. The van der Waals surface area contributed by atoms with Crippen LogP contribution in [0.2, 0.25) is 5.02 Å². The summed E-state index contributed by atoms with van der Waals surface area (Å²) in [5, 5.41) is 16.0. The molecule has 2 N–H and O–H groups in total. The molecule has 0 saturated heterocycles. The number of amides is 1. The molecule has 0 bridgehead atoms. The minimum absolute atomic E-state index is 0.140. The summed E-state index contributed by atoms with van der Waals surface area (Å²) in [5.74, 6) is -0.270. The fourth-order valence-electron chi connectivity index (χ4n) is 1.68. The first-order valence-electron chi connectivity index (χ1n) is 6.36. The summed E-state index contributed by atoms with van der Waals surface area (Å²) in [4.78, 5) is 15.9.